The molecule has 0 aliphatic rings. The number of pyridine rings is 1. The van der Waals surface area contributed by atoms with Crippen LogP contribution < -0.4 is 5.73 Å². The molecule has 0 spiro atoms. The molecule has 0 aliphatic heterocycles. The third-order valence-electron chi connectivity index (χ3n) is 3.35. The first-order valence-corrected chi connectivity index (χ1v) is 7.31. The van der Waals surface area contributed by atoms with Crippen LogP contribution in [0.25, 0.3) is 10.9 Å². The van der Waals surface area contributed by atoms with Gasteiger partial charge in [-0.25, -0.2) is 0 Å². The van der Waals surface area contributed by atoms with Crippen LogP contribution in [0, 0.1) is 6.92 Å². The number of carbonyl (C=O) groups excluding carboxylic acids is 1. The van der Waals surface area contributed by atoms with Crippen LogP contribution in [0.3, 0.4) is 0 Å². The second-order valence-corrected chi connectivity index (χ2v) is 5.84. The normalized spacial score (nSPS) is 10.8. The molecule has 0 unspecified atom stereocenters. The molecular formula is C17H13BrN2O. The summed E-state index contributed by atoms with van der Waals surface area (Å²) in [6.07, 6.45) is 0. The first kappa shape index (κ1) is 13.8. The van der Waals surface area contributed by atoms with Crippen LogP contribution in [0.15, 0.2) is 53.0 Å². The van der Waals surface area contributed by atoms with Crippen LogP contribution in [-0.2, 0) is 0 Å². The smallest absolute Gasteiger partial charge is 0.195 e. The molecule has 21 heavy (non-hydrogen) atoms. The molecule has 0 saturated carbocycles. The molecule has 0 atom stereocenters. The van der Waals surface area contributed by atoms with Gasteiger partial charge < -0.3 is 5.73 Å². The minimum Gasteiger partial charge on any atom is -0.398 e. The molecule has 3 rings (SSSR count). The highest BCUT2D eigenvalue weighted by Gasteiger charge is 2.13. The number of ketones is 1. The molecule has 0 radical (unpaired) electrons. The summed E-state index contributed by atoms with van der Waals surface area (Å²) in [4.78, 5) is 17.0. The van der Waals surface area contributed by atoms with Gasteiger partial charge in [0.25, 0.3) is 0 Å². The molecule has 4 heteroatoms. The summed E-state index contributed by atoms with van der Waals surface area (Å²) in [7, 11) is 0. The first-order valence-electron chi connectivity index (χ1n) is 6.52. The zero-order valence-corrected chi connectivity index (χ0v) is 13.0. The molecule has 2 aromatic carbocycles. The highest BCUT2D eigenvalue weighted by Crippen LogP contribution is 2.23. The summed E-state index contributed by atoms with van der Waals surface area (Å²) < 4.78 is 0.856. The van der Waals surface area contributed by atoms with Gasteiger partial charge >= 0.3 is 0 Å². The molecule has 0 aliphatic carbocycles. The number of rotatable bonds is 2. The second-order valence-electron chi connectivity index (χ2n) is 4.92. The van der Waals surface area contributed by atoms with Gasteiger partial charge in [0.2, 0.25) is 0 Å². The maximum Gasteiger partial charge on any atom is 0.195 e. The number of carbonyl (C=O) groups is 1. The summed E-state index contributed by atoms with van der Waals surface area (Å²) in [6, 6.07) is 14.7. The van der Waals surface area contributed by atoms with Crippen molar-refractivity contribution >= 4 is 38.3 Å². The van der Waals surface area contributed by atoms with E-state index in [0.717, 1.165) is 21.1 Å². The SMILES string of the molecule is Cc1ccc2cc(C(=O)c3ccc(Br)cc3N)ccc2n1. The van der Waals surface area contributed by atoms with Gasteiger partial charge in [-0.05, 0) is 49.4 Å². The van der Waals surface area contributed by atoms with Crippen molar-refractivity contribution in [2.24, 2.45) is 0 Å². The van der Waals surface area contributed by atoms with Gasteiger partial charge in [0, 0.05) is 32.4 Å². The van der Waals surface area contributed by atoms with E-state index in [9.17, 15) is 4.79 Å². The number of nitrogens with two attached hydrogens (primary N) is 1. The topological polar surface area (TPSA) is 56.0 Å². The number of benzene rings is 2. The number of hydrogen-bond acceptors (Lipinski definition) is 3. The lowest BCUT2D eigenvalue weighted by Crippen LogP contribution is -2.05. The van der Waals surface area contributed by atoms with Crippen LogP contribution in [0.1, 0.15) is 21.6 Å². The summed E-state index contributed by atoms with van der Waals surface area (Å²) >= 11 is 3.34. The second kappa shape index (κ2) is 5.30. The number of aromatic nitrogens is 1. The number of nitrogen functional groups attached to an aromatic ring is 1. The van der Waals surface area contributed by atoms with Crippen molar-refractivity contribution in [2.75, 3.05) is 5.73 Å². The Morgan fingerprint density at radius 1 is 1.10 bits per heavy atom. The molecule has 1 aromatic heterocycles. The van der Waals surface area contributed by atoms with Crippen LogP contribution in [0.4, 0.5) is 5.69 Å². The fraction of sp³-hybridized carbons (Fsp3) is 0.0588. The summed E-state index contributed by atoms with van der Waals surface area (Å²) in [6.45, 7) is 1.95. The zero-order chi connectivity index (χ0) is 15.0. The maximum atomic E-state index is 12.6. The molecular weight excluding hydrogens is 328 g/mol. The van der Waals surface area contributed by atoms with Crippen molar-refractivity contribution in [1.82, 2.24) is 4.98 Å². The molecule has 0 bridgehead atoms. The molecule has 104 valence electrons. The van der Waals surface area contributed by atoms with Crippen molar-refractivity contribution in [3.63, 3.8) is 0 Å². The summed E-state index contributed by atoms with van der Waals surface area (Å²) in [5, 5.41) is 0.946. The van der Waals surface area contributed by atoms with Gasteiger partial charge in [-0.15, -0.1) is 0 Å². The molecule has 0 saturated heterocycles. The maximum absolute atomic E-state index is 12.6. The molecule has 3 nitrogen and oxygen atoms in total. The van der Waals surface area contributed by atoms with Gasteiger partial charge in [-0.3, -0.25) is 9.78 Å². The number of hydrogen-bond donors (Lipinski definition) is 1. The first-order chi connectivity index (χ1) is 10.0. The molecule has 0 fully saturated rings. The van der Waals surface area contributed by atoms with Gasteiger partial charge in [0.1, 0.15) is 0 Å². The molecule has 1 heterocycles. The van der Waals surface area contributed by atoms with Crippen molar-refractivity contribution < 1.29 is 4.79 Å². The third kappa shape index (κ3) is 2.67. The van der Waals surface area contributed by atoms with E-state index in [0.29, 0.717) is 16.8 Å². The van der Waals surface area contributed by atoms with E-state index in [2.05, 4.69) is 20.9 Å². The van der Waals surface area contributed by atoms with E-state index in [4.69, 9.17) is 5.73 Å². The van der Waals surface area contributed by atoms with E-state index in [1.807, 2.05) is 37.3 Å². The van der Waals surface area contributed by atoms with Crippen LogP contribution in [0.5, 0.6) is 0 Å². The predicted molar refractivity (Wildman–Crippen MR) is 88.5 cm³/mol. The van der Waals surface area contributed by atoms with Crippen molar-refractivity contribution in [3.05, 3.63) is 69.8 Å². The Hall–Kier alpha value is -2.20. The van der Waals surface area contributed by atoms with Gasteiger partial charge in [-0.2, -0.15) is 0 Å². The minimum absolute atomic E-state index is 0.0810. The standard InChI is InChI=1S/C17H13BrN2O/c1-10-2-3-11-8-12(4-7-16(11)20-10)17(21)14-6-5-13(18)9-15(14)19/h2-9H,19H2,1H3. The highest BCUT2D eigenvalue weighted by atomic mass is 79.9. The Morgan fingerprint density at radius 2 is 1.90 bits per heavy atom. The molecule has 2 N–H and O–H groups in total. The number of halogens is 1. The fourth-order valence-corrected chi connectivity index (χ4v) is 2.64. The van der Waals surface area contributed by atoms with Gasteiger partial charge in [-0.1, -0.05) is 22.0 Å². The lowest BCUT2D eigenvalue weighted by atomic mass is 10.00. The Labute approximate surface area is 130 Å². The molecule has 3 aromatic rings. The lowest BCUT2D eigenvalue weighted by molar-refractivity contribution is 0.103. The van der Waals surface area contributed by atoms with E-state index in [1.54, 1.807) is 18.2 Å². The van der Waals surface area contributed by atoms with E-state index in [-0.39, 0.29) is 5.78 Å². The average molecular weight is 341 g/mol. The average Bonchev–Trinajstić information content (AvgIpc) is 2.46. The van der Waals surface area contributed by atoms with E-state index >= 15 is 0 Å². The van der Waals surface area contributed by atoms with Crippen molar-refractivity contribution in [2.45, 2.75) is 6.92 Å². The van der Waals surface area contributed by atoms with Crippen molar-refractivity contribution in [3.8, 4) is 0 Å². The molecule has 0 amide bonds. The van der Waals surface area contributed by atoms with Crippen LogP contribution >= 0.6 is 15.9 Å². The Bertz CT molecular complexity index is 859. The number of anilines is 1. The summed E-state index contributed by atoms with van der Waals surface area (Å²) in [5.74, 6) is -0.0810. The Kier molecular flexibility index (Phi) is 3.47. The van der Waals surface area contributed by atoms with Gasteiger partial charge in [0.15, 0.2) is 5.78 Å². The predicted octanol–water partition coefficient (Wildman–Crippen LogP) is 4.12. The van der Waals surface area contributed by atoms with Crippen LogP contribution in [0.2, 0.25) is 0 Å². The largest absolute Gasteiger partial charge is 0.398 e. The third-order valence-corrected chi connectivity index (χ3v) is 3.84. The Morgan fingerprint density at radius 3 is 2.67 bits per heavy atom. The number of fused-ring (bicyclic) bond motifs is 1. The van der Waals surface area contributed by atoms with Gasteiger partial charge in [0.05, 0.1) is 5.52 Å². The fourth-order valence-electron chi connectivity index (χ4n) is 2.26. The number of nitrogens with zero attached hydrogens (tertiary/aromatic N) is 1. The highest BCUT2D eigenvalue weighted by molar-refractivity contribution is 9.10. The van der Waals surface area contributed by atoms with E-state index < -0.39 is 0 Å². The quantitative estimate of drug-likeness (QED) is 0.563. The van der Waals surface area contributed by atoms with Crippen molar-refractivity contribution in [1.29, 1.82) is 0 Å². The van der Waals surface area contributed by atoms with Crippen LogP contribution in [-0.4, -0.2) is 10.8 Å². The lowest BCUT2D eigenvalue weighted by Gasteiger charge is -2.07. The Balaban J connectivity index is 2.07. The number of aryl methyl sites for hydroxylation is 1. The minimum atomic E-state index is -0.0810. The summed E-state index contributed by atoms with van der Waals surface area (Å²) in [5.41, 5.74) is 9.36. The zero-order valence-electron chi connectivity index (χ0n) is 11.4. The monoisotopic (exact) mass is 340 g/mol. The van der Waals surface area contributed by atoms with E-state index in [1.165, 1.54) is 0 Å².